The van der Waals surface area contributed by atoms with Crippen LogP contribution >= 0.6 is 15.9 Å². The molecule has 0 saturated carbocycles. The van der Waals surface area contributed by atoms with Crippen molar-refractivity contribution in [3.8, 4) is 0 Å². The van der Waals surface area contributed by atoms with E-state index in [0.717, 1.165) is 28.8 Å². The summed E-state index contributed by atoms with van der Waals surface area (Å²) < 4.78 is 3.05. The lowest BCUT2D eigenvalue weighted by atomic mass is 10.1. The van der Waals surface area contributed by atoms with Gasteiger partial charge in [0.1, 0.15) is 5.82 Å². The van der Waals surface area contributed by atoms with Crippen molar-refractivity contribution >= 4 is 15.9 Å². The molecule has 0 aliphatic heterocycles. The van der Waals surface area contributed by atoms with Crippen molar-refractivity contribution in [1.29, 1.82) is 0 Å². The van der Waals surface area contributed by atoms with Gasteiger partial charge in [0.15, 0.2) is 0 Å². The third-order valence-electron chi connectivity index (χ3n) is 3.19. The summed E-state index contributed by atoms with van der Waals surface area (Å²) in [6.07, 6.45) is 5.01. The van der Waals surface area contributed by atoms with Crippen molar-refractivity contribution in [2.24, 2.45) is 5.84 Å². The van der Waals surface area contributed by atoms with Gasteiger partial charge in [-0.15, -0.1) is 0 Å². The van der Waals surface area contributed by atoms with Crippen molar-refractivity contribution in [3.63, 3.8) is 0 Å². The molecule has 0 radical (unpaired) electrons. The van der Waals surface area contributed by atoms with Gasteiger partial charge in [0.2, 0.25) is 0 Å². The SMILES string of the molecule is CCc1nn(CC)c(CC(NN)c2ncccn2)c1Br. The number of aryl methyl sites for hydroxylation is 2. The van der Waals surface area contributed by atoms with Gasteiger partial charge in [-0.2, -0.15) is 5.10 Å². The van der Waals surface area contributed by atoms with Gasteiger partial charge in [-0.05, 0) is 35.3 Å². The van der Waals surface area contributed by atoms with Gasteiger partial charge in [0.25, 0.3) is 0 Å². The smallest absolute Gasteiger partial charge is 0.146 e. The number of nitrogens with zero attached hydrogens (tertiary/aromatic N) is 4. The van der Waals surface area contributed by atoms with Gasteiger partial charge in [0, 0.05) is 25.4 Å². The van der Waals surface area contributed by atoms with Crippen LogP contribution in [0, 0.1) is 0 Å². The van der Waals surface area contributed by atoms with E-state index in [0.29, 0.717) is 12.2 Å². The Morgan fingerprint density at radius 3 is 2.60 bits per heavy atom. The van der Waals surface area contributed by atoms with E-state index in [4.69, 9.17) is 5.84 Å². The summed E-state index contributed by atoms with van der Waals surface area (Å²) in [4.78, 5) is 8.52. The van der Waals surface area contributed by atoms with Gasteiger partial charge < -0.3 is 0 Å². The summed E-state index contributed by atoms with van der Waals surface area (Å²) >= 11 is 3.64. The molecule has 0 aliphatic rings. The molecule has 0 saturated heterocycles. The highest BCUT2D eigenvalue weighted by Gasteiger charge is 2.20. The maximum Gasteiger partial charge on any atom is 0.146 e. The average molecular weight is 339 g/mol. The predicted octanol–water partition coefficient (Wildman–Crippen LogP) is 1.76. The van der Waals surface area contributed by atoms with Crippen molar-refractivity contribution in [1.82, 2.24) is 25.2 Å². The second-order valence-electron chi connectivity index (χ2n) is 4.41. The Labute approximate surface area is 126 Å². The van der Waals surface area contributed by atoms with Gasteiger partial charge in [-0.1, -0.05) is 6.92 Å². The Morgan fingerprint density at radius 2 is 2.05 bits per heavy atom. The molecule has 7 heteroatoms. The van der Waals surface area contributed by atoms with Crippen LogP contribution in [0.25, 0.3) is 0 Å². The van der Waals surface area contributed by atoms with Crippen molar-refractivity contribution in [3.05, 3.63) is 40.1 Å². The molecule has 1 atom stereocenters. The van der Waals surface area contributed by atoms with Crippen LogP contribution < -0.4 is 11.3 Å². The Balaban J connectivity index is 2.30. The standard InChI is InChI=1S/C13H19BrN6/c1-3-9-12(14)11(20(4-2)19-9)8-10(18-15)13-16-6-5-7-17-13/h5-7,10,18H,3-4,8,15H2,1-2H3. The van der Waals surface area contributed by atoms with E-state index >= 15 is 0 Å². The molecule has 0 spiro atoms. The average Bonchev–Trinajstić information content (AvgIpc) is 2.81. The molecular weight excluding hydrogens is 320 g/mol. The quantitative estimate of drug-likeness (QED) is 0.619. The third kappa shape index (κ3) is 3.05. The lowest BCUT2D eigenvalue weighted by molar-refractivity contribution is 0.494. The second kappa shape index (κ2) is 6.92. The van der Waals surface area contributed by atoms with Crippen LogP contribution in [0.15, 0.2) is 22.9 Å². The Hall–Kier alpha value is -1.31. The first-order valence-corrected chi connectivity index (χ1v) is 7.47. The molecule has 2 rings (SSSR count). The third-order valence-corrected chi connectivity index (χ3v) is 4.11. The lowest BCUT2D eigenvalue weighted by Gasteiger charge is -2.15. The van der Waals surface area contributed by atoms with Gasteiger partial charge in [0.05, 0.1) is 21.9 Å². The highest BCUT2D eigenvalue weighted by Crippen LogP contribution is 2.26. The molecule has 1 unspecified atom stereocenters. The molecule has 20 heavy (non-hydrogen) atoms. The van der Waals surface area contributed by atoms with Crippen molar-refractivity contribution in [2.45, 2.75) is 39.3 Å². The molecule has 2 aromatic rings. The molecule has 108 valence electrons. The van der Waals surface area contributed by atoms with Crippen LogP contribution in [-0.4, -0.2) is 19.7 Å². The van der Waals surface area contributed by atoms with E-state index in [1.54, 1.807) is 18.5 Å². The highest BCUT2D eigenvalue weighted by molar-refractivity contribution is 9.10. The summed E-state index contributed by atoms with van der Waals surface area (Å²) in [6, 6.07) is 1.65. The molecule has 2 heterocycles. The number of hydrazine groups is 1. The minimum absolute atomic E-state index is 0.140. The molecule has 0 aliphatic carbocycles. The fourth-order valence-corrected chi connectivity index (χ4v) is 2.85. The van der Waals surface area contributed by atoms with Crippen LogP contribution in [0.3, 0.4) is 0 Å². The normalized spacial score (nSPS) is 12.6. The Bertz CT molecular complexity index is 553. The van der Waals surface area contributed by atoms with Crippen molar-refractivity contribution in [2.75, 3.05) is 0 Å². The summed E-state index contributed by atoms with van der Waals surface area (Å²) in [5, 5.41) is 4.59. The minimum atomic E-state index is -0.140. The van der Waals surface area contributed by atoms with E-state index in [2.05, 4.69) is 50.3 Å². The first-order chi connectivity index (χ1) is 9.71. The lowest BCUT2D eigenvalue weighted by Crippen LogP contribution is -2.31. The van der Waals surface area contributed by atoms with E-state index in [-0.39, 0.29) is 6.04 Å². The van der Waals surface area contributed by atoms with E-state index < -0.39 is 0 Å². The molecule has 0 bridgehead atoms. The Morgan fingerprint density at radius 1 is 1.35 bits per heavy atom. The second-order valence-corrected chi connectivity index (χ2v) is 5.20. The Kier molecular flexibility index (Phi) is 5.22. The summed E-state index contributed by atoms with van der Waals surface area (Å²) in [5.41, 5.74) is 4.96. The summed E-state index contributed by atoms with van der Waals surface area (Å²) in [7, 11) is 0. The highest BCUT2D eigenvalue weighted by atomic mass is 79.9. The summed E-state index contributed by atoms with van der Waals surface area (Å²) in [6.45, 7) is 4.99. The zero-order valence-electron chi connectivity index (χ0n) is 11.7. The molecule has 3 N–H and O–H groups in total. The van der Waals surface area contributed by atoms with Crippen LogP contribution in [0.4, 0.5) is 0 Å². The van der Waals surface area contributed by atoms with Crippen LogP contribution in [0.1, 0.15) is 37.1 Å². The minimum Gasteiger partial charge on any atom is -0.271 e. The number of nitrogens with two attached hydrogens (primary N) is 1. The van der Waals surface area contributed by atoms with Crippen LogP contribution in [0.2, 0.25) is 0 Å². The summed E-state index contributed by atoms with van der Waals surface area (Å²) in [5.74, 6) is 6.34. The molecule has 0 amide bonds. The largest absolute Gasteiger partial charge is 0.271 e. The predicted molar refractivity (Wildman–Crippen MR) is 80.8 cm³/mol. The van der Waals surface area contributed by atoms with Gasteiger partial charge in [-0.3, -0.25) is 10.5 Å². The number of hydrogen-bond donors (Lipinski definition) is 2. The van der Waals surface area contributed by atoms with E-state index in [1.807, 2.05) is 4.68 Å². The fourth-order valence-electron chi connectivity index (χ4n) is 2.12. The molecular formula is C13H19BrN6. The molecule has 6 nitrogen and oxygen atoms in total. The zero-order valence-corrected chi connectivity index (χ0v) is 13.3. The first-order valence-electron chi connectivity index (χ1n) is 6.68. The van der Waals surface area contributed by atoms with Gasteiger partial charge in [-0.25, -0.2) is 15.4 Å². The van der Waals surface area contributed by atoms with Gasteiger partial charge >= 0.3 is 0 Å². The number of aromatic nitrogens is 4. The van der Waals surface area contributed by atoms with E-state index in [1.165, 1.54) is 0 Å². The van der Waals surface area contributed by atoms with Crippen LogP contribution in [-0.2, 0) is 19.4 Å². The molecule has 2 aromatic heterocycles. The molecule has 0 aromatic carbocycles. The number of halogens is 1. The van der Waals surface area contributed by atoms with Crippen LogP contribution in [0.5, 0.6) is 0 Å². The molecule has 0 fully saturated rings. The number of rotatable bonds is 6. The fraction of sp³-hybridized carbons (Fsp3) is 0.462. The maximum atomic E-state index is 5.66. The maximum absolute atomic E-state index is 5.66. The van der Waals surface area contributed by atoms with E-state index in [9.17, 15) is 0 Å². The topological polar surface area (TPSA) is 81.7 Å². The zero-order chi connectivity index (χ0) is 14.5. The number of nitrogens with one attached hydrogen (secondary N) is 1. The monoisotopic (exact) mass is 338 g/mol. The first kappa shape index (κ1) is 15.1. The van der Waals surface area contributed by atoms with Crippen molar-refractivity contribution < 1.29 is 0 Å². The number of hydrogen-bond acceptors (Lipinski definition) is 5.